The summed E-state index contributed by atoms with van der Waals surface area (Å²) in [6.45, 7) is 6.81. The molecule has 2 N–H and O–H groups in total. The average molecular weight is 239 g/mol. The summed E-state index contributed by atoms with van der Waals surface area (Å²) >= 11 is 0. The van der Waals surface area contributed by atoms with Crippen molar-refractivity contribution in [3.8, 4) is 6.07 Å². The first-order chi connectivity index (χ1) is 7.84. The maximum Gasteiger partial charge on any atom is 0.222 e. The molecule has 4 heteroatoms. The maximum atomic E-state index is 11.9. The van der Waals surface area contributed by atoms with Crippen LogP contribution in [0.25, 0.3) is 0 Å². The highest BCUT2D eigenvalue weighted by molar-refractivity contribution is 5.76. The van der Waals surface area contributed by atoms with E-state index in [2.05, 4.69) is 19.9 Å². The first kappa shape index (κ1) is 15.9. The Morgan fingerprint density at radius 2 is 2.06 bits per heavy atom. The number of hydrogen-bond donors (Lipinski definition) is 1. The standard InChI is InChI=1S/C13H25N3O/c1-11(6-9-14)16(4)12(17)5-7-13(2,3)8-10-15/h11H,5-8,10,15H2,1-4H3. The van der Waals surface area contributed by atoms with E-state index in [1.807, 2.05) is 6.92 Å². The fourth-order valence-electron chi connectivity index (χ4n) is 1.65. The zero-order valence-corrected chi connectivity index (χ0v) is 11.5. The van der Waals surface area contributed by atoms with Crippen LogP contribution in [0.2, 0.25) is 0 Å². The Morgan fingerprint density at radius 1 is 1.47 bits per heavy atom. The summed E-state index contributed by atoms with van der Waals surface area (Å²) < 4.78 is 0. The van der Waals surface area contributed by atoms with Crippen molar-refractivity contribution in [2.75, 3.05) is 13.6 Å². The Hall–Kier alpha value is -1.08. The number of nitrogens with zero attached hydrogens (tertiary/aromatic N) is 2. The number of rotatable bonds is 7. The molecule has 98 valence electrons. The fourth-order valence-corrected chi connectivity index (χ4v) is 1.65. The van der Waals surface area contributed by atoms with E-state index in [0.29, 0.717) is 19.4 Å². The van der Waals surface area contributed by atoms with Gasteiger partial charge in [0.1, 0.15) is 0 Å². The zero-order chi connectivity index (χ0) is 13.5. The van der Waals surface area contributed by atoms with E-state index in [1.54, 1.807) is 11.9 Å². The first-order valence-electron chi connectivity index (χ1n) is 6.16. The molecular weight excluding hydrogens is 214 g/mol. The highest BCUT2D eigenvalue weighted by Crippen LogP contribution is 2.26. The summed E-state index contributed by atoms with van der Waals surface area (Å²) in [6.07, 6.45) is 2.68. The van der Waals surface area contributed by atoms with E-state index in [0.717, 1.165) is 12.8 Å². The van der Waals surface area contributed by atoms with Crippen molar-refractivity contribution in [1.82, 2.24) is 4.90 Å². The lowest BCUT2D eigenvalue weighted by atomic mass is 9.84. The van der Waals surface area contributed by atoms with Crippen molar-refractivity contribution in [2.45, 2.75) is 52.5 Å². The van der Waals surface area contributed by atoms with Gasteiger partial charge >= 0.3 is 0 Å². The molecule has 0 bridgehead atoms. The third-order valence-corrected chi connectivity index (χ3v) is 3.28. The second kappa shape index (κ2) is 7.29. The van der Waals surface area contributed by atoms with Gasteiger partial charge in [-0.05, 0) is 31.7 Å². The number of nitriles is 1. The molecule has 0 aromatic rings. The van der Waals surface area contributed by atoms with Gasteiger partial charge < -0.3 is 10.6 Å². The molecule has 1 amide bonds. The monoisotopic (exact) mass is 239 g/mol. The smallest absolute Gasteiger partial charge is 0.222 e. The molecule has 1 unspecified atom stereocenters. The minimum atomic E-state index is -0.00915. The molecule has 0 fully saturated rings. The number of hydrogen-bond acceptors (Lipinski definition) is 3. The molecule has 4 nitrogen and oxygen atoms in total. The van der Waals surface area contributed by atoms with E-state index >= 15 is 0 Å². The van der Waals surface area contributed by atoms with Gasteiger partial charge in [0.25, 0.3) is 0 Å². The van der Waals surface area contributed by atoms with Gasteiger partial charge in [-0.25, -0.2) is 0 Å². The van der Waals surface area contributed by atoms with Crippen molar-refractivity contribution in [3.63, 3.8) is 0 Å². The van der Waals surface area contributed by atoms with E-state index in [9.17, 15) is 4.79 Å². The quantitative estimate of drug-likeness (QED) is 0.737. The Morgan fingerprint density at radius 3 is 2.53 bits per heavy atom. The summed E-state index contributed by atoms with van der Waals surface area (Å²) in [4.78, 5) is 13.6. The normalized spacial score (nSPS) is 12.9. The second-order valence-electron chi connectivity index (χ2n) is 5.42. The Kier molecular flexibility index (Phi) is 6.82. The van der Waals surface area contributed by atoms with Gasteiger partial charge in [0, 0.05) is 19.5 Å². The molecule has 17 heavy (non-hydrogen) atoms. The Labute approximate surface area is 105 Å². The number of carbonyl (C=O) groups excluding carboxylic acids is 1. The third kappa shape index (κ3) is 6.28. The van der Waals surface area contributed by atoms with Crippen LogP contribution in [-0.4, -0.2) is 30.4 Å². The lowest BCUT2D eigenvalue weighted by molar-refractivity contribution is -0.132. The highest BCUT2D eigenvalue weighted by atomic mass is 16.2. The largest absolute Gasteiger partial charge is 0.342 e. The van der Waals surface area contributed by atoms with Crippen LogP contribution in [0, 0.1) is 16.7 Å². The summed E-state index contributed by atoms with van der Waals surface area (Å²) in [5.74, 6) is 0.109. The van der Waals surface area contributed by atoms with Crippen molar-refractivity contribution in [2.24, 2.45) is 11.1 Å². The molecule has 1 atom stereocenters. The summed E-state index contributed by atoms with van der Waals surface area (Å²) in [5, 5.41) is 8.59. The number of amides is 1. The topological polar surface area (TPSA) is 70.1 Å². The van der Waals surface area contributed by atoms with Crippen LogP contribution in [0.5, 0.6) is 0 Å². The summed E-state index contributed by atoms with van der Waals surface area (Å²) in [6, 6.07) is 2.08. The molecule has 0 radical (unpaired) electrons. The van der Waals surface area contributed by atoms with E-state index in [1.165, 1.54) is 0 Å². The molecule has 0 aliphatic carbocycles. The van der Waals surface area contributed by atoms with Crippen LogP contribution in [-0.2, 0) is 4.79 Å². The van der Waals surface area contributed by atoms with E-state index in [-0.39, 0.29) is 17.4 Å². The van der Waals surface area contributed by atoms with E-state index < -0.39 is 0 Å². The molecule has 0 rings (SSSR count). The maximum absolute atomic E-state index is 11.9. The molecule has 0 aliphatic heterocycles. The predicted molar refractivity (Wildman–Crippen MR) is 69.1 cm³/mol. The predicted octanol–water partition coefficient (Wildman–Crippen LogP) is 1.90. The number of carbonyl (C=O) groups is 1. The fraction of sp³-hybridized carbons (Fsp3) is 0.846. The van der Waals surface area contributed by atoms with Gasteiger partial charge in [0.2, 0.25) is 5.91 Å². The summed E-state index contributed by atoms with van der Waals surface area (Å²) in [7, 11) is 1.76. The van der Waals surface area contributed by atoms with Gasteiger partial charge in [-0.15, -0.1) is 0 Å². The highest BCUT2D eigenvalue weighted by Gasteiger charge is 2.21. The van der Waals surface area contributed by atoms with Crippen LogP contribution < -0.4 is 5.73 Å². The molecule has 0 saturated carbocycles. The molecule has 0 spiro atoms. The van der Waals surface area contributed by atoms with Gasteiger partial charge in [-0.3, -0.25) is 4.79 Å². The average Bonchev–Trinajstić information content (AvgIpc) is 2.25. The second-order valence-corrected chi connectivity index (χ2v) is 5.42. The minimum absolute atomic E-state index is 0.00915. The summed E-state index contributed by atoms with van der Waals surface area (Å²) in [5.41, 5.74) is 5.65. The van der Waals surface area contributed by atoms with Gasteiger partial charge in [0.05, 0.1) is 12.5 Å². The van der Waals surface area contributed by atoms with Crippen LogP contribution >= 0.6 is 0 Å². The van der Waals surface area contributed by atoms with Crippen molar-refractivity contribution in [1.29, 1.82) is 5.26 Å². The molecule has 0 heterocycles. The minimum Gasteiger partial charge on any atom is -0.342 e. The molecule has 0 aromatic carbocycles. The van der Waals surface area contributed by atoms with Crippen LogP contribution in [0.15, 0.2) is 0 Å². The van der Waals surface area contributed by atoms with Crippen LogP contribution in [0.1, 0.15) is 46.5 Å². The zero-order valence-electron chi connectivity index (χ0n) is 11.5. The lowest BCUT2D eigenvalue weighted by Gasteiger charge is -2.27. The number of nitrogens with two attached hydrogens (primary N) is 1. The lowest BCUT2D eigenvalue weighted by Crippen LogP contribution is -2.35. The van der Waals surface area contributed by atoms with Crippen molar-refractivity contribution in [3.05, 3.63) is 0 Å². The van der Waals surface area contributed by atoms with Gasteiger partial charge in [-0.2, -0.15) is 5.26 Å². The Bertz CT molecular complexity index is 281. The third-order valence-electron chi connectivity index (χ3n) is 3.28. The van der Waals surface area contributed by atoms with Crippen molar-refractivity contribution < 1.29 is 4.79 Å². The molecular formula is C13H25N3O. The van der Waals surface area contributed by atoms with Gasteiger partial charge in [0.15, 0.2) is 0 Å². The molecule has 0 saturated heterocycles. The van der Waals surface area contributed by atoms with Crippen LogP contribution in [0.4, 0.5) is 0 Å². The van der Waals surface area contributed by atoms with E-state index in [4.69, 9.17) is 11.0 Å². The first-order valence-corrected chi connectivity index (χ1v) is 6.16. The Balaban J connectivity index is 4.14. The van der Waals surface area contributed by atoms with Gasteiger partial charge in [-0.1, -0.05) is 13.8 Å². The molecule has 0 aromatic heterocycles. The SMILES string of the molecule is CC(CC#N)N(C)C(=O)CCC(C)(C)CCN. The van der Waals surface area contributed by atoms with Crippen molar-refractivity contribution >= 4 is 5.91 Å². The van der Waals surface area contributed by atoms with Crippen LogP contribution in [0.3, 0.4) is 0 Å². The molecule has 0 aliphatic rings.